The van der Waals surface area contributed by atoms with Gasteiger partial charge in [-0.2, -0.15) is 0 Å². The fraction of sp³-hybridized carbons (Fsp3) is 0.115. The van der Waals surface area contributed by atoms with Crippen molar-refractivity contribution in [2.75, 3.05) is 19.0 Å². The van der Waals surface area contributed by atoms with E-state index in [4.69, 9.17) is 44.3 Å². The maximum absolute atomic E-state index is 12.8. The van der Waals surface area contributed by atoms with Crippen molar-refractivity contribution in [3.63, 3.8) is 0 Å². The van der Waals surface area contributed by atoms with Crippen LogP contribution in [0.5, 0.6) is 11.5 Å². The van der Waals surface area contributed by atoms with E-state index in [2.05, 4.69) is 5.32 Å². The summed E-state index contributed by atoms with van der Waals surface area (Å²) in [5.41, 5.74) is 1.84. The van der Waals surface area contributed by atoms with Gasteiger partial charge < -0.3 is 14.8 Å². The number of carbonyl (C=O) groups is 3. The molecule has 3 aromatic rings. The molecular weight excluding hydrogens is 559 g/mol. The van der Waals surface area contributed by atoms with E-state index in [1.165, 1.54) is 7.11 Å². The van der Waals surface area contributed by atoms with Crippen LogP contribution < -0.4 is 14.8 Å². The molecule has 1 fully saturated rings. The molecule has 4 rings (SSSR count). The average molecular weight is 578 g/mol. The first kappa shape index (κ1) is 26.9. The van der Waals surface area contributed by atoms with Crippen molar-refractivity contribution in [1.29, 1.82) is 0 Å². The summed E-state index contributed by atoms with van der Waals surface area (Å²) in [5.74, 6) is -0.188. The summed E-state index contributed by atoms with van der Waals surface area (Å²) in [5, 5.41) is 3.30. The van der Waals surface area contributed by atoms with E-state index >= 15 is 0 Å². The molecule has 3 aromatic carbocycles. The minimum atomic E-state index is -0.566. The van der Waals surface area contributed by atoms with Crippen LogP contribution in [0, 0.1) is 0 Å². The van der Waals surface area contributed by atoms with Gasteiger partial charge in [-0.05, 0) is 65.4 Å². The second kappa shape index (κ2) is 11.9. The van der Waals surface area contributed by atoms with E-state index in [1.807, 2.05) is 0 Å². The lowest BCUT2D eigenvalue weighted by molar-refractivity contribution is -0.127. The molecule has 0 aliphatic carbocycles. The third-order valence-electron chi connectivity index (χ3n) is 5.19. The molecule has 1 N–H and O–H groups in total. The molecule has 0 aromatic heterocycles. The highest BCUT2D eigenvalue weighted by Crippen LogP contribution is 2.35. The number of rotatable bonds is 8. The topological polar surface area (TPSA) is 84.9 Å². The van der Waals surface area contributed by atoms with Crippen molar-refractivity contribution in [2.45, 2.75) is 6.61 Å². The number of methoxy groups -OCH3 is 1. The lowest BCUT2D eigenvalue weighted by Gasteiger charge is -2.13. The zero-order chi connectivity index (χ0) is 26.5. The molecule has 37 heavy (non-hydrogen) atoms. The number of nitrogens with zero attached hydrogens (tertiary/aromatic N) is 1. The molecule has 0 unspecified atom stereocenters. The summed E-state index contributed by atoms with van der Waals surface area (Å²) in [6.45, 7) is -0.195. The smallest absolute Gasteiger partial charge is 0.294 e. The van der Waals surface area contributed by atoms with Gasteiger partial charge in [0.25, 0.3) is 11.1 Å². The Balaban J connectivity index is 1.43. The number of imide groups is 1. The van der Waals surface area contributed by atoms with Gasteiger partial charge in [0.05, 0.1) is 32.8 Å². The highest BCUT2D eigenvalue weighted by molar-refractivity contribution is 8.18. The molecule has 0 atom stereocenters. The van der Waals surface area contributed by atoms with Gasteiger partial charge >= 0.3 is 0 Å². The van der Waals surface area contributed by atoms with Gasteiger partial charge in [0.1, 0.15) is 13.2 Å². The predicted molar refractivity (Wildman–Crippen MR) is 147 cm³/mol. The van der Waals surface area contributed by atoms with Gasteiger partial charge in [-0.1, -0.05) is 59.1 Å². The van der Waals surface area contributed by atoms with Crippen LogP contribution in [0.25, 0.3) is 6.08 Å². The summed E-state index contributed by atoms with van der Waals surface area (Å²) >= 11 is 18.8. The van der Waals surface area contributed by atoms with E-state index in [-0.39, 0.29) is 11.5 Å². The maximum Gasteiger partial charge on any atom is 0.294 e. The number of ether oxygens (including phenoxy) is 2. The van der Waals surface area contributed by atoms with Crippen molar-refractivity contribution in [2.24, 2.45) is 0 Å². The zero-order valence-corrected chi connectivity index (χ0v) is 22.4. The minimum Gasteiger partial charge on any atom is -0.493 e. The second-order valence-corrected chi connectivity index (χ2v) is 9.96. The summed E-state index contributed by atoms with van der Waals surface area (Å²) in [4.78, 5) is 38.8. The third-order valence-corrected chi connectivity index (χ3v) is 7.16. The van der Waals surface area contributed by atoms with Crippen LogP contribution in [0.2, 0.25) is 15.1 Å². The Morgan fingerprint density at radius 3 is 2.49 bits per heavy atom. The Labute approximate surface area is 232 Å². The number of nitrogens with one attached hydrogen (secondary N) is 1. The lowest BCUT2D eigenvalue weighted by atomic mass is 10.1. The summed E-state index contributed by atoms with van der Waals surface area (Å²) in [7, 11) is 1.50. The minimum absolute atomic E-state index is 0.182. The van der Waals surface area contributed by atoms with Gasteiger partial charge in [-0.25, -0.2) is 0 Å². The molecule has 11 heteroatoms. The third kappa shape index (κ3) is 6.59. The summed E-state index contributed by atoms with van der Waals surface area (Å²) in [6, 6.07) is 17.0. The van der Waals surface area contributed by atoms with Crippen molar-refractivity contribution < 1.29 is 23.9 Å². The Morgan fingerprint density at radius 2 is 1.76 bits per heavy atom. The van der Waals surface area contributed by atoms with Crippen LogP contribution in [0.4, 0.5) is 10.5 Å². The standard InChI is InChI=1S/C26H19Cl3N2O5S/c1-35-22-11-15(7-9-21(22)36-14-16-6-8-17(27)19(29)10-16)12-23-25(33)31(26(34)37-23)13-24(32)30-20-5-3-2-4-18(20)28/h2-12H,13-14H2,1H3,(H,30,32)/b23-12+. The number of hydrogen-bond donors (Lipinski definition) is 1. The average Bonchev–Trinajstić information content (AvgIpc) is 3.13. The van der Waals surface area contributed by atoms with E-state index in [9.17, 15) is 14.4 Å². The molecular formula is C26H19Cl3N2O5S. The molecule has 1 aliphatic heterocycles. The van der Waals surface area contributed by atoms with Gasteiger partial charge in [0.15, 0.2) is 11.5 Å². The summed E-state index contributed by atoms with van der Waals surface area (Å²) < 4.78 is 11.3. The number of para-hydroxylation sites is 1. The molecule has 1 heterocycles. The maximum atomic E-state index is 12.8. The van der Waals surface area contributed by atoms with Crippen LogP contribution >= 0.6 is 46.6 Å². The largest absolute Gasteiger partial charge is 0.493 e. The van der Waals surface area contributed by atoms with E-state index in [0.29, 0.717) is 37.8 Å². The molecule has 1 aliphatic rings. The van der Waals surface area contributed by atoms with Crippen molar-refractivity contribution in [3.8, 4) is 11.5 Å². The molecule has 0 bridgehead atoms. The van der Waals surface area contributed by atoms with Crippen molar-refractivity contribution in [1.82, 2.24) is 4.90 Å². The summed E-state index contributed by atoms with van der Waals surface area (Å²) in [6.07, 6.45) is 1.56. The highest BCUT2D eigenvalue weighted by atomic mass is 35.5. The van der Waals surface area contributed by atoms with E-state index < -0.39 is 23.6 Å². The number of halogens is 3. The molecule has 7 nitrogen and oxygen atoms in total. The van der Waals surface area contributed by atoms with Crippen LogP contribution in [0.3, 0.4) is 0 Å². The first-order valence-corrected chi connectivity index (χ1v) is 12.7. The Bertz CT molecular complexity index is 1410. The fourth-order valence-electron chi connectivity index (χ4n) is 3.37. The van der Waals surface area contributed by atoms with Gasteiger partial charge in [-0.3, -0.25) is 19.3 Å². The highest BCUT2D eigenvalue weighted by Gasteiger charge is 2.36. The predicted octanol–water partition coefficient (Wildman–Crippen LogP) is 6.91. The van der Waals surface area contributed by atoms with Crippen molar-refractivity contribution >= 4 is 75.4 Å². The Kier molecular flexibility index (Phi) is 8.66. The number of thioether (sulfide) groups is 1. The Hall–Kier alpha value is -3.17. The molecule has 0 spiro atoms. The van der Waals surface area contributed by atoms with Crippen LogP contribution in [0.15, 0.2) is 65.6 Å². The molecule has 0 saturated carbocycles. The fourth-order valence-corrected chi connectivity index (χ4v) is 4.71. The molecule has 1 saturated heterocycles. The van der Waals surface area contributed by atoms with Gasteiger partial charge in [0, 0.05) is 0 Å². The normalized spacial score (nSPS) is 14.3. The number of amides is 3. The van der Waals surface area contributed by atoms with Gasteiger partial charge in [-0.15, -0.1) is 0 Å². The van der Waals surface area contributed by atoms with Crippen molar-refractivity contribution in [3.05, 3.63) is 91.8 Å². The zero-order valence-electron chi connectivity index (χ0n) is 19.3. The number of anilines is 1. The molecule has 3 amide bonds. The number of hydrogen-bond acceptors (Lipinski definition) is 6. The van der Waals surface area contributed by atoms with Crippen LogP contribution in [-0.2, 0) is 16.2 Å². The monoisotopic (exact) mass is 576 g/mol. The van der Waals surface area contributed by atoms with Crippen LogP contribution in [-0.4, -0.2) is 35.6 Å². The quantitative estimate of drug-likeness (QED) is 0.293. The van der Waals surface area contributed by atoms with E-state index in [0.717, 1.165) is 22.2 Å². The first-order valence-electron chi connectivity index (χ1n) is 10.8. The number of carbonyl (C=O) groups excluding carboxylic acids is 3. The SMILES string of the molecule is COc1cc(/C=C2/SC(=O)N(CC(=O)Nc3ccccc3Cl)C2=O)ccc1OCc1ccc(Cl)c(Cl)c1. The Morgan fingerprint density at radius 1 is 0.973 bits per heavy atom. The number of benzene rings is 3. The second-order valence-electron chi connectivity index (χ2n) is 7.74. The molecule has 0 radical (unpaired) electrons. The lowest BCUT2D eigenvalue weighted by Crippen LogP contribution is -2.36. The molecule has 190 valence electrons. The first-order chi connectivity index (χ1) is 17.7. The van der Waals surface area contributed by atoms with E-state index in [1.54, 1.807) is 66.7 Å². The van der Waals surface area contributed by atoms with Gasteiger partial charge in [0.2, 0.25) is 5.91 Å². The van der Waals surface area contributed by atoms with Crippen LogP contribution in [0.1, 0.15) is 11.1 Å².